The molecule has 0 atom stereocenters. The molecule has 0 aliphatic carbocycles. The Balaban J connectivity index is 1.99. The van der Waals surface area contributed by atoms with Crippen molar-refractivity contribution in [1.82, 2.24) is 9.97 Å². The molecule has 0 saturated heterocycles. The smallest absolute Gasteiger partial charge is 0.306 e. The maximum absolute atomic E-state index is 11.6. The number of hydrogen-bond donors (Lipinski definition) is 0. The normalized spacial score (nSPS) is 10.7. The van der Waals surface area contributed by atoms with Crippen LogP contribution in [0.25, 0.3) is 22.3 Å². The van der Waals surface area contributed by atoms with Gasteiger partial charge in [0.25, 0.3) is 0 Å². The van der Waals surface area contributed by atoms with Crippen molar-refractivity contribution >= 4 is 16.9 Å². The van der Waals surface area contributed by atoms with Crippen LogP contribution in [0.1, 0.15) is 19.0 Å². The molecule has 4 nitrogen and oxygen atoms in total. The van der Waals surface area contributed by atoms with Gasteiger partial charge in [-0.1, -0.05) is 48.5 Å². The van der Waals surface area contributed by atoms with Crippen molar-refractivity contribution in [1.29, 1.82) is 0 Å². The minimum atomic E-state index is -0.198. The van der Waals surface area contributed by atoms with Crippen LogP contribution in [0.5, 0.6) is 0 Å². The molecule has 0 fully saturated rings. The SMILES string of the molecule is CCOC(=O)CCc1nc(-c2ccccc2)nc2ccccc12. The van der Waals surface area contributed by atoms with E-state index in [1.165, 1.54) is 0 Å². The first-order chi connectivity index (χ1) is 11.3. The maximum Gasteiger partial charge on any atom is 0.306 e. The predicted molar refractivity (Wildman–Crippen MR) is 89.9 cm³/mol. The highest BCUT2D eigenvalue weighted by atomic mass is 16.5. The maximum atomic E-state index is 11.6. The van der Waals surface area contributed by atoms with Gasteiger partial charge in [-0.25, -0.2) is 9.97 Å². The number of carbonyl (C=O) groups excluding carboxylic acids is 1. The van der Waals surface area contributed by atoms with E-state index in [0.29, 0.717) is 25.3 Å². The Bertz CT molecular complexity index is 816. The second kappa shape index (κ2) is 7.01. The standard InChI is InChI=1S/C19H18N2O2/c1-2-23-18(22)13-12-17-15-10-6-7-11-16(15)20-19(21-17)14-8-4-3-5-9-14/h3-11H,2,12-13H2,1H3. The number of rotatable bonds is 5. The number of aryl methyl sites for hydroxylation is 1. The third kappa shape index (κ3) is 3.54. The fourth-order valence-corrected chi connectivity index (χ4v) is 2.50. The monoisotopic (exact) mass is 306 g/mol. The Morgan fingerprint density at radius 1 is 1.00 bits per heavy atom. The average Bonchev–Trinajstić information content (AvgIpc) is 2.60. The van der Waals surface area contributed by atoms with Crippen LogP contribution in [-0.2, 0) is 16.0 Å². The summed E-state index contributed by atoms with van der Waals surface area (Å²) in [4.78, 5) is 21.0. The molecule has 2 aromatic carbocycles. The molecule has 0 saturated carbocycles. The van der Waals surface area contributed by atoms with E-state index in [-0.39, 0.29) is 5.97 Å². The molecular formula is C19H18N2O2. The van der Waals surface area contributed by atoms with E-state index in [1.807, 2.05) is 61.5 Å². The molecule has 0 aliphatic heterocycles. The lowest BCUT2D eigenvalue weighted by atomic mass is 10.1. The topological polar surface area (TPSA) is 52.1 Å². The van der Waals surface area contributed by atoms with Gasteiger partial charge in [0.2, 0.25) is 0 Å². The van der Waals surface area contributed by atoms with Crippen molar-refractivity contribution < 1.29 is 9.53 Å². The first kappa shape index (κ1) is 15.2. The molecule has 0 radical (unpaired) electrons. The Labute approximate surface area is 135 Å². The average molecular weight is 306 g/mol. The lowest BCUT2D eigenvalue weighted by Crippen LogP contribution is -2.07. The second-order valence-electron chi connectivity index (χ2n) is 5.18. The summed E-state index contributed by atoms with van der Waals surface area (Å²) in [7, 11) is 0. The predicted octanol–water partition coefficient (Wildman–Crippen LogP) is 3.79. The number of fused-ring (bicyclic) bond motifs is 1. The first-order valence-corrected chi connectivity index (χ1v) is 7.74. The lowest BCUT2D eigenvalue weighted by Gasteiger charge is -2.09. The summed E-state index contributed by atoms with van der Waals surface area (Å²) in [6, 6.07) is 17.7. The van der Waals surface area contributed by atoms with Crippen LogP contribution in [0.15, 0.2) is 54.6 Å². The van der Waals surface area contributed by atoms with E-state index in [2.05, 4.69) is 9.97 Å². The number of esters is 1. The van der Waals surface area contributed by atoms with Crippen LogP contribution in [0.2, 0.25) is 0 Å². The second-order valence-corrected chi connectivity index (χ2v) is 5.18. The van der Waals surface area contributed by atoms with E-state index < -0.39 is 0 Å². The number of aromatic nitrogens is 2. The van der Waals surface area contributed by atoms with Crippen LogP contribution >= 0.6 is 0 Å². The van der Waals surface area contributed by atoms with Gasteiger partial charge >= 0.3 is 5.97 Å². The molecule has 1 aromatic heterocycles. The zero-order valence-electron chi connectivity index (χ0n) is 13.0. The van der Waals surface area contributed by atoms with E-state index in [0.717, 1.165) is 22.2 Å². The Kier molecular flexibility index (Phi) is 4.62. The van der Waals surface area contributed by atoms with Crippen molar-refractivity contribution in [3.63, 3.8) is 0 Å². The van der Waals surface area contributed by atoms with Gasteiger partial charge in [0.1, 0.15) is 0 Å². The third-order valence-corrected chi connectivity index (χ3v) is 3.59. The Morgan fingerprint density at radius 2 is 1.74 bits per heavy atom. The van der Waals surface area contributed by atoms with Gasteiger partial charge in [-0.3, -0.25) is 4.79 Å². The van der Waals surface area contributed by atoms with Crippen LogP contribution in [0.3, 0.4) is 0 Å². The summed E-state index contributed by atoms with van der Waals surface area (Å²) < 4.78 is 5.01. The van der Waals surface area contributed by atoms with Gasteiger partial charge in [-0.15, -0.1) is 0 Å². The van der Waals surface area contributed by atoms with Gasteiger partial charge in [0.05, 0.1) is 24.2 Å². The molecule has 1 heterocycles. The van der Waals surface area contributed by atoms with E-state index in [1.54, 1.807) is 0 Å². The van der Waals surface area contributed by atoms with Crippen molar-refractivity contribution in [3.05, 3.63) is 60.3 Å². The van der Waals surface area contributed by atoms with Gasteiger partial charge < -0.3 is 4.74 Å². The quantitative estimate of drug-likeness (QED) is 0.673. The molecule has 3 rings (SSSR count). The molecule has 116 valence electrons. The Morgan fingerprint density at radius 3 is 2.52 bits per heavy atom. The fraction of sp³-hybridized carbons (Fsp3) is 0.211. The van der Waals surface area contributed by atoms with Crippen LogP contribution in [-0.4, -0.2) is 22.5 Å². The summed E-state index contributed by atoms with van der Waals surface area (Å²) in [5.74, 6) is 0.486. The molecule has 0 N–H and O–H groups in total. The Hall–Kier alpha value is -2.75. The van der Waals surface area contributed by atoms with Crippen LogP contribution in [0, 0.1) is 0 Å². The highest BCUT2D eigenvalue weighted by molar-refractivity contribution is 5.83. The molecule has 0 amide bonds. The van der Waals surface area contributed by atoms with Crippen LogP contribution in [0.4, 0.5) is 0 Å². The number of nitrogens with zero attached hydrogens (tertiary/aromatic N) is 2. The number of para-hydroxylation sites is 1. The molecule has 4 heteroatoms. The number of benzene rings is 2. The van der Waals surface area contributed by atoms with E-state index >= 15 is 0 Å². The molecule has 0 unspecified atom stereocenters. The summed E-state index contributed by atoms with van der Waals surface area (Å²) in [5, 5.41) is 0.983. The van der Waals surface area contributed by atoms with Crippen molar-refractivity contribution in [2.75, 3.05) is 6.61 Å². The minimum absolute atomic E-state index is 0.198. The summed E-state index contributed by atoms with van der Waals surface area (Å²) in [6.07, 6.45) is 0.866. The summed E-state index contributed by atoms with van der Waals surface area (Å²) >= 11 is 0. The molecule has 23 heavy (non-hydrogen) atoms. The molecule has 3 aromatic rings. The van der Waals surface area contributed by atoms with Gasteiger partial charge in [0, 0.05) is 17.4 Å². The number of carbonyl (C=O) groups is 1. The first-order valence-electron chi connectivity index (χ1n) is 7.74. The van der Waals surface area contributed by atoms with E-state index in [4.69, 9.17) is 4.74 Å². The highest BCUT2D eigenvalue weighted by Gasteiger charge is 2.11. The number of hydrogen-bond acceptors (Lipinski definition) is 4. The molecule has 0 aliphatic rings. The minimum Gasteiger partial charge on any atom is -0.466 e. The third-order valence-electron chi connectivity index (χ3n) is 3.59. The summed E-state index contributed by atoms with van der Waals surface area (Å²) in [6.45, 7) is 2.21. The molecule has 0 bridgehead atoms. The number of ether oxygens (including phenoxy) is 1. The molecule has 0 spiro atoms. The van der Waals surface area contributed by atoms with Gasteiger partial charge in [-0.2, -0.15) is 0 Å². The lowest BCUT2D eigenvalue weighted by molar-refractivity contribution is -0.143. The summed E-state index contributed by atoms with van der Waals surface area (Å²) in [5.41, 5.74) is 2.73. The van der Waals surface area contributed by atoms with Crippen molar-refractivity contribution in [3.8, 4) is 11.4 Å². The van der Waals surface area contributed by atoms with E-state index in [9.17, 15) is 4.79 Å². The van der Waals surface area contributed by atoms with Crippen molar-refractivity contribution in [2.45, 2.75) is 19.8 Å². The van der Waals surface area contributed by atoms with Crippen LogP contribution < -0.4 is 0 Å². The zero-order chi connectivity index (χ0) is 16.1. The zero-order valence-corrected chi connectivity index (χ0v) is 13.0. The largest absolute Gasteiger partial charge is 0.466 e. The van der Waals surface area contributed by atoms with Gasteiger partial charge in [-0.05, 0) is 13.0 Å². The fourth-order valence-electron chi connectivity index (χ4n) is 2.50. The highest BCUT2D eigenvalue weighted by Crippen LogP contribution is 2.22. The van der Waals surface area contributed by atoms with Gasteiger partial charge in [0.15, 0.2) is 5.82 Å². The van der Waals surface area contributed by atoms with Crippen molar-refractivity contribution in [2.24, 2.45) is 0 Å². The molecular weight excluding hydrogens is 288 g/mol.